The Labute approximate surface area is 128 Å². The van der Waals surface area contributed by atoms with Crippen molar-refractivity contribution in [1.29, 1.82) is 0 Å². The van der Waals surface area contributed by atoms with Crippen LogP contribution >= 0.6 is 10.2 Å². The molecule has 0 amide bonds. The first-order valence-corrected chi connectivity index (χ1v) is 8.08. The van der Waals surface area contributed by atoms with E-state index in [9.17, 15) is 34.3 Å². The second kappa shape index (κ2) is 4.79. The highest BCUT2D eigenvalue weighted by Crippen LogP contribution is 3.02. The molecule has 0 spiro atoms. The Kier molecular flexibility index (Phi) is 3.99. The lowest BCUT2D eigenvalue weighted by Gasteiger charge is -2.41. The van der Waals surface area contributed by atoms with Crippen molar-refractivity contribution in [2.75, 3.05) is 0 Å². The van der Waals surface area contributed by atoms with Crippen molar-refractivity contribution in [3.8, 4) is 0 Å². The normalized spacial score (nSPS) is 15.5. The lowest BCUT2D eigenvalue weighted by molar-refractivity contribution is -0.385. The molecule has 0 radical (unpaired) electrons. The summed E-state index contributed by atoms with van der Waals surface area (Å²) >= 11 is 0. The number of carbonyl (C=O) groups is 1. The molecule has 0 heterocycles. The van der Waals surface area contributed by atoms with Crippen LogP contribution in [0.2, 0.25) is 0 Å². The van der Waals surface area contributed by atoms with Gasteiger partial charge in [-0.1, -0.05) is 25.5 Å². The van der Waals surface area contributed by atoms with Crippen LogP contribution in [0.5, 0.6) is 0 Å². The molecule has 0 aromatic heterocycles. The van der Waals surface area contributed by atoms with Gasteiger partial charge in [0, 0.05) is 6.07 Å². The van der Waals surface area contributed by atoms with Crippen molar-refractivity contribution < 1.29 is 33.9 Å². The minimum absolute atomic E-state index is 0.0221. The Morgan fingerprint density at radius 1 is 1.22 bits per heavy atom. The lowest BCUT2D eigenvalue weighted by atomic mass is 10.1. The number of hydrogen-bond donors (Lipinski definition) is 0. The molecule has 0 N–H and O–H groups in total. The van der Waals surface area contributed by atoms with Crippen molar-refractivity contribution in [2.45, 2.75) is 37.7 Å². The fraction of sp³-hybridized carbons (Fsp3) is 0.417. The second-order valence-electron chi connectivity index (χ2n) is 5.74. The van der Waals surface area contributed by atoms with Gasteiger partial charge in [-0.25, -0.2) is 0 Å². The summed E-state index contributed by atoms with van der Waals surface area (Å²) in [6.45, 7) is 4.24. The third kappa shape index (κ3) is 5.34. The van der Waals surface area contributed by atoms with E-state index in [1.54, 1.807) is 0 Å². The standard InChI is InChI=1S/C12H14F5NO4S/c1-12(2,3)22-11(19)7-8-9(18(20)21)5-4-6-10(8)23(13,14,15,16)17/h4-6H,7H2,1-3H3. The number of carbonyl (C=O) groups excluding carboxylic acids is 1. The van der Waals surface area contributed by atoms with Crippen LogP contribution < -0.4 is 0 Å². The van der Waals surface area contributed by atoms with Gasteiger partial charge in [-0.3, -0.25) is 14.9 Å². The maximum Gasteiger partial charge on any atom is 0.311 e. The fourth-order valence-electron chi connectivity index (χ4n) is 1.79. The maximum atomic E-state index is 13.1. The molecule has 5 nitrogen and oxygen atoms in total. The molecule has 0 aliphatic carbocycles. The van der Waals surface area contributed by atoms with Crippen molar-refractivity contribution in [2.24, 2.45) is 0 Å². The summed E-state index contributed by atoms with van der Waals surface area (Å²) < 4.78 is 70.1. The van der Waals surface area contributed by atoms with Crippen molar-refractivity contribution >= 4 is 21.9 Å². The number of nitro benzene ring substituents is 1. The van der Waals surface area contributed by atoms with Crippen molar-refractivity contribution in [3.63, 3.8) is 0 Å². The van der Waals surface area contributed by atoms with E-state index in [0.717, 1.165) is 0 Å². The van der Waals surface area contributed by atoms with E-state index in [1.165, 1.54) is 20.8 Å². The molecule has 23 heavy (non-hydrogen) atoms. The molecule has 0 unspecified atom stereocenters. The number of halogens is 5. The number of ether oxygens (including phenoxy) is 1. The third-order valence-electron chi connectivity index (χ3n) is 2.46. The quantitative estimate of drug-likeness (QED) is 0.322. The molecule has 132 valence electrons. The Morgan fingerprint density at radius 2 is 1.74 bits per heavy atom. The monoisotopic (exact) mass is 363 g/mol. The zero-order valence-corrected chi connectivity index (χ0v) is 13.1. The summed E-state index contributed by atoms with van der Waals surface area (Å²) in [6.07, 6.45) is -1.30. The number of esters is 1. The Morgan fingerprint density at radius 3 is 2.13 bits per heavy atom. The first kappa shape index (κ1) is 19.1. The summed E-state index contributed by atoms with van der Waals surface area (Å²) in [5.74, 6) is -1.28. The number of nitrogens with zero attached hydrogens (tertiary/aromatic N) is 1. The molecule has 1 aromatic carbocycles. The van der Waals surface area contributed by atoms with Crippen LogP contribution in [-0.2, 0) is 16.0 Å². The fourth-order valence-corrected chi connectivity index (χ4v) is 2.76. The number of hydrogen-bond acceptors (Lipinski definition) is 4. The summed E-state index contributed by atoms with van der Waals surface area (Å²) in [6, 6.07) is 1.13. The van der Waals surface area contributed by atoms with E-state index in [4.69, 9.17) is 4.74 Å². The highest BCUT2D eigenvalue weighted by molar-refractivity contribution is 8.45. The van der Waals surface area contributed by atoms with Gasteiger partial charge in [0.15, 0.2) is 0 Å². The summed E-state index contributed by atoms with van der Waals surface area (Å²) in [5, 5.41) is 10.8. The number of nitro groups is 1. The topological polar surface area (TPSA) is 69.4 Å². The first-order valence-electron chi connectivity index (χ1n) is 6.13. The van der Waals surface area contributed by atoms with Gasteiger partial charge >= 0.3 is 16.2 Å². The molecule has 0 aliphatic rings. The molecule has 0 saturated carbocycles. The van der Waals surface area contributed by atoms with Gasteiger partial charge in [0.1, 0.15) is 10.5 Å². The zero-order chi connectivity index (χ0) is 18.3. The summed E-state index contributed by atoms with van der Waals surface area (Å²) in [4.78, 5) is 18.8. The third-order valence-corrected chi connectivity index (χ3v) is 3.68. The Bertz CT molecular complexity index is 666. The van der Waals surface area contributed by atoms with Crippen molar-refractivity contribution in [1.82, 2.24) is 0 Å². The summed E-state index contributed by atoms with van der Waals surface area (Å²) in [7, 11) is -10.2. The predicted octanol–water partition coefficient (Wildman–Crippen LogP) is 5.14. The van der Waals surface area contributed by atoms with E-state index in [0.29, 0.717) is 12.1 Å². The van der Waals surface area contributed by atoms with Gasteiger partial charge in [0.05, 0.1) is 16.9 Å². The number of benzene rings is 1. The molecule has 0 atom stereocenters. The van der Waals surface area contributed by atoms with Crippen LogP contribution in [0.3, 0.4) is 0 Å². The van der Waals surface area contributed by atoms with Crippen LogP contribution in [0.25, 0.3) is 0 Å². The van der Waals surface area contributed by atoms with Gasteiger partial charge in [0.2, 0.25) is 0 Å². The van der Waals surface area contributed by atoms with Gasteiger partial charge in [-0.2, -0.15) is 0 Å². The number of rotatable bonds is 4. The average molecular weight is 363 g/mol. The molecular weight excluding hydrogens is 349 g/mol. The Balaban J connectivity index is 3.51. The largest absolute Gasteiger partial charge is 0.460 e. The van der Waals surface area contributed by atoms with E-state index in [2.05, 4.69) is 0 Å². The lowest BCUT2D eigenvalue weighted by Crippen LogP contribution is -2.25. The van der Waals surface area contributed by atoms with E-state index in [-0.39, 0.29) is 6.07 Å². The van der Waals surface area contributed by atoms with Crippen molar-refractivity contribution in [3.05, 3.63) is 33.9 Å². The molecule has 0 saturated heterocycles. The zero-order valence-electron chi connectivity index (χ0n) is 12.3. The van der Waals surface area contributed by atoms with E-state index >= 15 is 0 Å². The van der Waals surface area contributed by atoms with Gasteiger partial charge in [-0.15, -0.1) is 0 Å². The molecule has 0 fully saturated rings. The average Bonchev–Trinajstić information content (AvgIpc) is 2.22. The highest BCUT2D eigenvalue weighted by atomic mass is 32.5. The maximum absolute atomic E-state index is 13.1. The van der Waals surface area contributed by atoms with Crippen LogP contribution in [0, 0.1) is 10.1 Å². The molecule has 11 heteroatoms. The molecule has 0 bridgehead atoms. The van der Waals surface area contributed by atoms with Crippen LogP contribution in [0.15, 0.2) is 23.1 Å². The molecule has 1 rings (SSSR count). The van der Waals surface area contributed by atoms with Gasteiger partial charge in [-0.05, 0) is 26.8 Å². The van der Waals surface area contributed by atoms with E-state index in [1.807, 2.05) is 0 Å². The molecule has 0 aliphatic heterocycles. The molecule has 1 aromatic rings. The SMILES string of the molecule is CC(C)(C)OC(=O)Cc1c([N+](=O)[O-])cccc1S(F)(F)(F)(F)F. The molecular formula is C12H14F5NO4S. The van der Waals surface area contributed by atoms with Crippen LogP contribution in [-0.4, -0.2) is 16.5 Å². The van der Waals surface area contributed by atoms with Gasteiger partial charge in [0.25, 0.3) is 5.69 Å². The summed E-state index contributed by atoms with van der Waals surface area (Å²) in [5.41, 5.74) is -3.72. The smallest absolute Gasteiger partial charge is 0.311 e. The van der Waals surface area contributed by atoms with E-state index < -0.39 is 49.3 Å². The minimum Gasteiger partial charge on any atom is -0.460 e. The Hall–Kier alpha value is -1.91. The minimum atomic E-state index is -10.2. The highest BCUT2D eigenvalue weighted by Gasteiger charge is 2.67. The van der Waals surface area contributed by atoms with Gasteiger partial charge < -0.3 is 4.74 Å². The predicted molar refractivity (Wildman–Crippen MR) is 74.0 cm³/mol. The van der Waals surface area contributed by atoms with Crippen LogP contribution in [0.4, 0.5) is 25.1 Å². The first-order chi connectivity index (χ1) is 9.90. The van der Waals surface area contributed by atoms with Crippen LogP contribution in [0.1, 0.15) is 26.3 Å². The second-order valence-corrected chi connectivity index (χ2v) is 8.12.